The standard InChI is InChI=1S/C26H35N3O3/c1-17(2)24(26(31)32-5)27-21-12-14-29(15-13-21)22-9-7-20(8-10-22)28-25(30)23-11-6-18(3)16-19(23)4/h6-11,16-17,21,24,27H,12-15H2,1-5H3,(H,28,30)/t24-/m0/s1. The predicted molar refractivity (Wildman–Crippen MR) is 129 cm³/mol. The molecule has 172 valence electrons. The molecule has 6 nitrogen and oxygen atoms in total. The van der Waals surface area contributed by atoms with Gasteiger partial charge in [0, 0.05) is 36.1 Å². The zero-order valence-electron chi connectivity index (χ0n) is 19.8. The second-order valence-electron chi connectivity index (χ2n) is 8.99. The lowest BCUT2D eigenvalue weighted by Gasteiger charge is -2.36. The van der Waals surface area contributed by atoms with E-state index < -0.39 is 0 Å². The third-order valence-electron chi connectivity index (χ3n) is 6.15. The molecule has 2 N–H and O–H groups in total. The highest BCUT2D eigenvalue weighted by atomic mass is 16.5. The molecule has 1 fully saturated rings. The first-order chi connectivity index (χ1) is 15.3. The van der Waals surface area contributed by atoms with E-state index >= 15 is 0 Å². The first kappa shape index (κ1) is 23.8. The third kappa shape index (κ3) is 5.88. The summed E-state index contributed by atoms with van der Waals surface area (Å²) < 4.78 is 4.94. The molecule has 0 aromatic heterocycles. The van der Waals surface area contributed by atoms with Gasteiger partial charge < -0.3 is 20.3 Å². The number of esters is 1. The highest BCUT2D eigenvalue weighted by Gasteiger charge is 2.28. The highest BCUT2D eigenvalue weighted by molar-refractivity contribution is 6.05. The van der Waals surface area contributed by atoms with Crippen LogP contribution in [0.1, 0.15) is 48.2 Å². The van der Waals surface area contributed by atoms with E-state index in [1.165, 1.54) is 7.11 Å². The van der Waals surface area contributed by atoms with E-state index in [9.17, 15) is 9.59 Å². The molecule has 1 atom stereocenters. The molecule has 1 heterocycles. The fourth-order valence-electron chi connectivity index (χ4n) is 4.24. The van der Waals surface area contributed by atoms with Gasteiger partial charge in [0.1, 0.15) is 6.04 Å². The number of hydrogen-bond acceptors (Lipinski definition) is 5. The zero-order valence-corrected chi connectivity index (χ0v) is 19.8. The van der Waals surface area contributed by atoms with Crippen LogP contribution in [0.2, 0.25) is 0 Å². The van der Waals surface area contributed by atoms with Crippen molar-refractivity contribution >= 4 is 23.3 Å². The molecule has 32 heavy (non-hydrogen) atoms. The Labute approximate surface area is 191 Å². The minimum Gasteiger partial charge on any atom is -0.468 e. The van der Waals surface area contributed by atoms with Crippen LogP contribution in [0, 0.1) is 19.8 Å². The average molecular weight is 438 g/mol. The fraction of sp³-hybridized carbons (Fsp3) is 0.462. The maximum absolute atomic E-state index is 12.6. The van der Waals surface area contributed by atoms with Gasteiger partial charge in [0.2, 0.25) is 0 Å². The largest absolute Gasteiger partial charge is 0.468 e. The number of amides is 1. The molecule has 2 aromatic carbocycles. The Bertz CT molecular complexity index is 932. The number of ether oxygens (including phenoxy) is 1. The van der Waals surface area contributed by atoms with Crippen molar-refractivity contribution in [2.45, 2.75) is 52.6 Å². The second kappa shape index (κ2) is 10.6. The van der Waals surface area contributed by atoms with Gasteiger partial charge in [-0.05, 0) is 68.5 Å². The number of nitrogens with one attached hydrogen (secondary N) is 2. The van der Waals surface area contributed by atoms with Gasteiger partial charge in [-0.25, -0.2) is 0 Å². The topological polar surface area (TPSA) is 70.7 Å². The van der Waals surface area contributed by atoms with Crippen molar-refractivity contribution in [1.82, 2.24) is 5.32 Å². The Morgan fingerprint density at radius 1 is 1.03 bits per heavy atom. The number of aryl methyl sites for hydroxylation is 2. The maximum atomic E-state index is 12.6. The summed E-state index contributed by atoms with van der Waals surface area (Å²) in [7, 11) is 1.44. The maximum Gasteiger partial charge on any atom is 0.323 e. The van der Waals surface area contributed by atoms with Crippen LogP contribution < -0.4 is 15.5 Å². The first-order valence-electron chi connectivity index (χ1n) is 11.4. The molecular weight excluding hydrogens is 402 g/mol. The summed E-state index contributed by atoms with van der Waals surface area (Å²) in [5.41, 5.74) is 4.74. The van der Waals surface area contributed by atoms with Gasteiger partial charge in [0.25, 0.3) is 5.91 Å². The van der Waals surface area contributed by atoms with Gasteiger partial charge >= 0.3 is 5.97 Å². The van der Waals surface area contributed by atoms with Crippen molar-refractivity contribution in [2.24, 2.45) is 5.92 Å². The van der Waals surface area contributed by atoms with Gasteiger partial charge in [0.05, 0.1) is 7.11 Å². The van der Waals surface area contributed by atoms with E-state index in [-0.39, 0.29) is 23.8 Å². The summed E-state index contributed by atoms with van der Waals surface area (Å²) in [6.45, 7) is 9.87. The normalized spacial score (nSPS) is 15.5. The molecule has 0 bridgehead atoms. The Balaban J connectivity index is 1.54. The Kier molecular flexibility index (Phi) is 7.91. The monoisotopic (exact) mass is 437 g/mol. The van der Waals surface area contributed by atoms with Crippen molar-refractivity contribution in [2.75, 3.05) is 30.4 Å². The Morgan fingerprint density at radius 3 is 2.25 bits per heavy atom. The van der Waals surface area contributed by atoms with E-state index in [1.807, 2.05) is 58.0 Å². The molecule has 3 rings (SSSR count). The first-order valence-corrected chi connectivity index (χ1v) is 11.4. The van der Waals surface area contributed by atoms with Gasteiger partial charge in [0.15, 0.2) is 0 Å². The number of methoxy groups -OCH3 is 1. The molecule has 1 aliphatic heterocycles. The summed E-state index contributed by atoms with van der Waals surface area (Å²) >= 11 is 0. The minimum atomic E-state index is -0.267. The van der Waals surface area contributed by atoms with E-state index in [1.54, 1.807) is 0 Å². The van der Waals surface area contributed by atoms with E-state index in [2.05, 4.69) is 27.7 Å². The lowest BCUT2D eigenvalue weighted by molar-refractivity contribution is -0.144. The quantitative estimate of drug-likeness (QED) is 0.632. The van der Waals surface area contributed by atoms with Crippen molar-refractivity contribution < 1.29 is 14.3 Å². The van der Waals surface area contributed by atoms with Crippen LogP contribution in [-0.2, 0) is 9.53 Å². The van der Waals surface area contributed by atoms with Crippen LogP contribution in [-0.4, -0.2) is 44.2 Å². The van der Waals surface area contributed by atoms with Crippen molar-refractivity contribution in [3.05, 3.63) is 59.2 Å². The molecule has 0 radical (unpaired) electrons. The lowest BCUT2D eigenvalue weighted by atomic mass is 9.99. The number of carbonyl (C=O) groups excluding carboxylic acids is 2. The summed E-state index contributed by atoms with van der Waals surface area (Å²) in [6, 6.07) is 13.9. The lowest BCUT2D eigenvalue weighted by Crippen LogP contribution is -2.51. The molecule has 0 aliphatic carbocycles. The number of hydrogen-bond donors (Lipinski definition) is 2. The predicted octanol–water partition coefficient (Wildman–Crippen LogP) is 4.31. The molecule has 0 unspecified atom stereocenters. The third-order valence-corrected chi connectivity index (χ3v) is 6.15. The minimum absolute atomic E-state index is 0.0903. The Hall–Kier alpha value is -2.86. The molecule has 1 aliphatic rings. The van der Waals surface area contributed by atoms with Crippen LogP contribution >= 0.6 is 0 Å². The number of anilines is 2. The van der Waals surface area contributed by atoms with Crippen LogP contribution in [0.15, 0.2) is 42.5 Å². The second-order valence-corrected chi connectivity index (χ2v) is 8.99. The Morgan fingerprint density at radius 2 is 1.69 bits per heavy atom. The fourth-order valence-corrected chi connectivity index (χ4v) is 4.24. The summed E-state index contributed by atoms with van der Waals surface area (Å²) in [5, 5.41) is 6.48. The number of nitrogens with zero attached hydrogens (tertiary/aromatic N) is 1. The van der Waals surface area contributed by atoms with Crippen LogP contribution in [0.4, 0.5) is 11.4 Å². The van der Waals surface area contributed by atoms with E-state index in [4.69, 9.17) is 4.74 Å². The van der Waals surface area contributed by atoms with Crippen molar-refractivity contribution in [3.63, 3.8) is 0 Å². The van der Waals surface area contributed by atoms with Gasteiger partial charge in [-0.3, -0.25) is 9.59 Å². The highest BCUT2D eigenvalue weighted by Crippen LogP contribution is 2.23. The number of carbonyl (C=O) groups is 2. The SMILES string of the molecule is COC(=O)[C@@H](NC1CCN(c2ccc(NC(=O)c3ccc(C)cc3C)cc2)CC1)C(C)C. The number of piperidine rings is 1. The van der Waals surface area contributed by atoms with E-state index in [0.717, 1.165) is 48.4 Å². The molecule has 0 spiro atoms. The van der Waals surface area contributed by atoms with E-state index in [0.29, 0.717) is 11.6 Å². The van der Waals surface area contributed by atoms with Crippen molar-refractivity contribution in [1.29, 1.82) is 0 Å². The zero-order chi connectivity index (χ0) is 23.3. The number of benzene rings is 2. The summed E-state index contributed by atoms with van der Waals surface area (Å²) in [5.74, 6) is -0.0970. The smallest absolute Gasteiger partial charge is 0.323 e. The van der Waals surface area contributed by atoms with Crippen molar-refractivity contribution in [3.8, 4) is 0 Å². The molecule has 1 saturated heterocycles. The molecule has 0 saturated carbocycles. The molecule has 6 heteroatoms. The van der Waals surface area contributed by atoms with Crippen LogP contribution in [0.25, 0.3) is 0 Å². The molecule has 2 aromatic rings. The molecular formula is C26H35N3O3. The van der Waals surface area contributed by atoms with Crippen LogP contribution in [0.3, 0.4) is 0 Å². The van der Waals surface area contributed by atoms with Crippen LogP contribution in [0.5, 0.6) is 0 Å². The number of rotatable bonds is 7. The van der Waals surface area contributed by atoms with Gasteiger partial charge in [-0.1, -0.05) is 31.5 Å². The average Bonchev–Trinajstić information content (AvgIpc) is 2.77. The van der Waals surface area contributed by atoms with Gasteiger partial charge in [-0.2, -0.15) is 0 Å². The summed E-state index contributed by atoms with van der Waals surface area (Å²) in [4.78, 5) is 27.0. The molecule has 1 amide bonds. The summed E-state index contributed by atoms with van der Waals surface area (Å²) in [6.07, 6.45) is 1.93. The van der Waals surface area contributed by atoms with Gasteiger partial charge in [-0.15, -0.1) is 0 Å².